The Kier molecular flexibility index (Phi) is 10.8. The number of methoxy groups -OCH3 is 1. The largest absolute Gasteiger partial charge is 0.495 e. The molecule has 0 bridgehead atoms. The van der Waals surface area contributed by atoms with E-state index < -0.39 is 39.3 Å². The van der Waals surface area contributed by atoms with E-state index in [-0.39, 0.29) is 30.1 Å². The van der Waals surface area contributed by atoms with Crippen LogP contribution in [0.3, 0.4) is 0 Å². The summed E-state index contributed by atoms with van der Waals surface area (Å²) in [5.41, 5.74) is 0.970. The van der Waals surface area contributed by atoms with E-state index in [1.54, 1.807) is 31.2 Å². The molecule has 2 amide bonds. The topological polar surface area (TPSA) is 139 Å². The zero-order chi connectivity index (χ0) is 30.2. The molecule has 13 heteroatoms. The SMILES string of the molecule is CCNC(=O)C(Cc1ccccc1)N(Cc1ccc(Br)cc1)C(=O)CN(c1cc([N+](=O)[O-])ccc1OC)S(C)(=O)=O. The molecule has 0 aliphatic heterocycles. The van der Waals surface area contributed by atoms with E-state index in [9.17, 15) is 28.1 Å². The Morgan fingerprint density at radius 2 is 1.71 bits per heavy atom. The van der Waals surface area contributed by atoms with Crippen molar-refractivity contribution in [2.45, 2.75) is 25.9 Å². The average Bonchev–Trinajstić information content (AvgIpc) is 2.94. The van der Waals surface area contributed by atoms with Crippen LogP contribution in [-0.4, -0.2) is 62.6 Å². The summed E-state index contributed by atoms with van der Waals surface area (Å²) in [6.07, 6.45) is 1.07. The number of non-ortho nitro benzene ring substituents is 1. The third-order valence-corrected chi connectivity index (χ3v) is 7.86. The molecule has 0 aliphatic carbocycles. The lowest BCUT2D eigenvalue weighted by atomic mass is 10.0. The third kappa shape index (κ3) is 8.51. The lowest BCUT2D eigenvalue weighted by Gasteiger charge is -2.33. The summed E-state index contributed by atoms with van der Waals surface area (Å²) in [5.74, 6) is -1.06. The summed E-state index contributed by atoms with van der Waals surface area (Å²) >= 11 is 3.39. The number of hydrogen-bond donors (Lipinski definition) is 1. The van der Waals surface area contributed by atoms with Gasteiger partial charge in [0.1, 0.15) is 24.0 Å². The lowest BCUT2D eigenvalue weighted by Crippen LogP contribution is -2.53. The summed E-state index contributed by atoms with van der Waals surface area (Å²) in [5, 5.41) is 14.2. The van der Waals surface area contributed by atoms with Crippen LogP contribution in [0.5, 0.6) is 5.75 Å². The number of benzene rings is 3. The van der Waals surface area contributed by atoms with Gasteiger partial charge in [-0.3, -0.25) is 24.0 Å². The van der Waals surface area contributed by atoms with Crippen molar-refractivity contribution in [3.8, 4) is 5.75 Å². The van der Waals surface area contributed by atoms with Gasteiger partial charge in [0.2, 0.25) is 21.8 Å². The van der Waals surface area contributed by atoms with Crippen LogP contribution in [-0.2, 0) is 32.6 Å². The summed E-state index contributed by atoms with van der Waals surface area (Å²) in [6.45, 7) is 1.37. The van der Waals surface area contributed by atoms with Gasteiger partial charge in [0.05, 0.1) is 18.3 Å². The Bertz CT molecular complexity index is 1490. The van der Waals surface area contributed by atoms with Gasteiger partial charge in [-0.1, -0.05) is 58.4 Å². The second-order valence-electron chi connectivity index (χ2n) is 9.13. The maximum absolute atomic E-state index is 14.1. The molecule has 3 rings (SSSR count). The first-order chi connectivity index (χ1) is 19.4. The molecular weight excluding hydrogens is 616 g/mol. The summed E-state index contributed by atoms with van der Waals surface area (Å²) < 4.78 is 32.8. The number of nitrogens with zero attached hydrogens (tertiary/aromatic N) is 3. The van der Waals surface area contributed by atoms with Crippen molar-refractivity contribution in [3.05, 3.63) is 98.5 Å². The number of carbonyl (C=O) groups excluding carboxylic acids is 2. The third-order valence-electron chi connectivity index (χ3n) is 6.21. The number of hydrogen-bond acceptors (Lipinski definition) is 7. The van der Waals surface area contributed by atoms with Crippen LogP contribution < -0.4 is 14.4 Å². The molecule has 41 heavy (non-hydrogen) atoms. The first-order valence-electron chi connectivity index (χ1n) is 12.6. The Balaban J connectivity index is 2.10. The van der Waals surface area contributed by atoms with Crippen molar-refractivity contribution >= 4 is 49.1 Å². The van der Waals surface area contributed by atoms with Crippen molar-refractivity contribution in [3.63, 3.8) is 0 Å². The number of rotatable bonds is 13. The number of halogens is 1. The van der Waals surface area contributed by atoms with E-state index in [4.69, 9.17) is 4.74 Å². The maximum Gasteiger partial charge on any atom is 0.271 e. The van der Waals surface area contributed by atoms with Crippen LogP contribution in [0.2, 0.25) is 0 Å². The van der Waals surface area contributed by atoms with E-state index in [0.29, 0.717) is 12.1 Å². The van der Waals surface area contributed by atoms with Gasteiger partial charge in [-0.05, 0) is 36.2 Å². The van der Waals surface area contributed by atoms with E-state index >= 15 is 0 Å². The highest BCUT2D eigenvalue weighted by molar-refractivity contribution is 9.10. The predicted octanol–water partition coefficient (Wildman–Crippen LogP) is 3.91. The highest BCUT2D eigenvalue weighted by Crippen LogP contribution is 2.34. The fourth-order valence-corrected chi connectivity index (χ4v) is 5.32. The van der Waals surface area contributed by atoms with Gasteiger partial charge in [-0.2, -0.15) is 0 Å². The van der Waals surface area contributed by atoms with Gasteiger partial charge in [-0.25, -0.2) is 8.42 Å². The number of anilines is 1. The molecule has 1 N–H and O–H groups in total. The molecule has 1 unspecified atom stereocenters. The standard InChI is InChI=1S/C28H31BrN4O7S/c1-4-30-28(35)25(16-20-8-6-5-7-9-20)31(18-21-10-12-22(29)13-11-21)27(34)19-32(41(3,38)39)24-17-23(33(36)37)14-15-26(24)40-2/h5-15,17,25H,4,16,18-19H2,1-3H3,(H,30,35). The molecule has 3 aromatic rings. The molecule has 0 saturated heterocycles. The molecular formula is C28H31BrN4O7S. The quantitative estimate of drug-likeness (QED) is 0.219. The van der Waals surface area contributed by atoms with E-state index in [0.717, 1.165) is 26.7 Å². The molecule has 0 spiro atoms. The van der Waals surface area contributed by atoms with Crippen molar-refractivity contribution in [2.24, 2.45) is 0 Å². The first-order valence-corrected chi connectivity index (χ1v) is 15.2. The number of nitro benzene ring substituents is 1. The molecule has 1 atom stereocenters. The van der Waals surface area contributed by atoms with Crippen molar-refractivity contribution in [2.75, 3.05) is 30.8 Å². The van der Waals surface area contributed by atoms with E-state index in [1.165, 1.54) is 24.1 Å². The van der Waals surface area contributed by atoms with Crippen LogP contribution in [0, 0.1) is 10.1 Å². The highest BCUT2D eigenvalue weighted by atomic mass is 79.9. The summed E-state index contributed by atoms with van der Waals surface area (Å²) in [4.78, 5) is 39.6. The number of ether oxygens (including phenoxy) is 1. The molecule has 0 fully saturated rings. The normalized spacial score (nSPS) is 11.8. The monoisotopic (exact) mass is 646 g/mol. The van der Waals surface area contributed by atoms with Crippen LogP contribution in [0.1, 0.15) is 18.1 Å². The number of sulfonamides is 1. The molecule has 0 radical (unpaired) electrons. The highest BCUT2D eigenvalue weighted by Gasteiger charge is 2.34. The maximum atomic E-state index is 14.1. The second kappa shape index (κ2) is 14.1. The van der Waals surface area contributed by atoms with Crippen molar-refractivity contribution in [1.82, 2.24) is 10.2 Å². The minimum Gasteiger partial charge on any atom is -0.495 e. The first kappa shape index (κ1) is 31.6. The van der Waals surface area contributed by atoms with Crippen molar-refractivity contribution < 1.29 is 27.7 Å². The summed E-state index contributed by atoms with van der Waals surface area (Å²) in [7, 11) is -2.85. The molecule has 0 saturated carbocycles. The average molecular weight is 648 g/mol. The number of amides is 2. The van der Waals surface area contributed by atoms with Gasteiger partial charge in [0.15, 0.2) is 0 Å². The number of nitro groups is 1. The Morgan fingerprint density at radius 1 is 1.05 bits per heavy atom. The van der Waals surface area contributed by atoms with E-state index in [2.05, 4.69) is 21.2 Å². The lowest BCUT2D eigenvalue weighted by molar-refractivity contribution is -0.384. The van der Waals surface area contributed by atoms with Crippen LogP contribution in [0.15, 0.2) is 77.3 Å². The fraction of sp³-hybridized carbons (Fsp3) is 0.286. The zero-order valence-electron chi connectivity index (χ0n) is 22.8. The van der Waals surface area contributed by atoms with Crippen LogP contribution in [0.4, 0.5) is 11.4 Å². The minimum absolute atomic E-state index is 0.00439. The Labute approximate surface area is 247 Å². The Hall–Kier alpha value is -3.97. The van der Waals surface area contributed by atoms with Gasteiger partial charge in [0, 0.05) is 36.1 Å². The minimum atomic E-state index is -4.14. The second-order valence-corrected chi connectivity index (χ2v) is 12.0. The van der Waals surface area contributed by atoms with Gasteiger partial charge in [-0.15, -0.1) is 0 Å². The Morgan fingerprint density at radius 3 is 2.27 bits per heavy atom. The predicted molar refractivity (Wildman–Crippen MR) is 159 cm³/mol. The number of nitrogens with one attached hydrogen (secondary N) is 1. The molecule has 0 aromatic heterocycles. The number of carbonyl (C=O) groups is 2. The summed E-state index contributed by atoms with van der Waals surface area (Å²) in [6, 6.07) is 18.8. The zero-order valence-corrected chi connectivity index (χ0v) is 25.2. The smallest absolute Gasteiger partial charge is 0.271 e. The van der Waals surface area contributed by atoms with Gasteiger partial charge >= 0.3 is 0 Å². The molecule has 3 aromatic carbocycles. The number of likely N-dealkylation sites (N-methyl/N-ethyl adjacent to an activating group) is 1. The van der Waals surface area contributed by atoms with Gasteiger partial charge < -0.3 is 15.0 Å². The molecule has 218 valence electrons. The van der Waals surface area contributed by atoms with Crippen LogP contribution >= 0.6 is 15.9 Å². The molecule has 11 nitrogen and oxygen atoms in total. The van der Waals surface area contributed by atoms with E-state index in [1.807, 2.05) is 30.3 Å². The molecule has 0 aliphatic rings. The van der Waals surface area contributed by atoms with Crippen molar-refractivity contribution in [1.29, 1.82) is 0 Å². The fourth-order valence-electron chi connectivity index (χ4n) is 4.21. The molecule has 0 heterocycles. The van der Waals surface area contributed by atoms with Gasteiger partial charge in [0.25, 0.3) is 5.69 Å². The van der Waals surface area contributed by atoms with Crippen LogP contribution in [0.25, 0.3) is 0 Å².